The van der Waals surface area contributed by atoms with Gasteiger partial charge in [-0.2, -0.15) is 0 Å². The fourth-order valence-corrected chi connectivity index (χ4v) is 2.37. The molecule has 1 unspecified atom stereocenters. The summed E-state index contributed by atoms with van der Waals surface area (Å²) in [5.74, 6) is -3.14. The molecule has 150 valence electrons. The van der Waals surface area contributed by atoms with Crippen LogP contribution in [0.1, 0.15) is 32.1 Å². The van der Waals surface area contributed by atoms with Crippen LogP contribution in [0.3, 0.4) is 0 Å². The van der Waals surface area contributed by atoms with Gasteiger partial charge in [0.15, 0.2) is 0 Å². The monoisotopic (exact) mass is 380 g/mol. The van der Waals surface area contributed by atoms with Crippen molar-refractivity contribution in [3.05, 3.63) is 12.7 Å². The van der Waals surface area contributed by atoms with Gasteiger partial charge in [-0.3, -0.25) is 14.5 Å². The van der Waals surface area contributed by atoms with Crippen molar-refractivity contribution < 1.29 is 53.7 Å². The second-order valence-electron chi connectivity index (χ2n) is 6.07. The molecule has 0 aromatic heterocycles. The number of carboxylic acids is 3. The molecular formula is C17H29LiN2O7. The Morgan fingerprint density at radius 3 is 1.89 bits per heavy atom. The second kappa shape index (κ2) is 16.8. The fraction of sp³-hybridized carbons (Fsp3) is 0.706. The molecule has 0 amide bonds. The third-order valence-corrected chi connectivity index (χ3v) is 3.82. The van der Waals surface area contributed by atoms with Gasteiger partial charge in [-0.15, -0.1) is 6.58 Å². The van der Waals surface area contributed by atoms with Gasteiger partial charge in [-0.1, -0.05) is 6.08 Å². The fourth-order valence-electron chi connectivity index (χ4n) is 2.37. The van der Waals surface area contributed by atoms with E-state index < -0.39 is 24.0 Å². The van der Waals surface area contributed by atoms with Crippen LogP contribution in [-0.4, -0.2) is 88.4 Å². The van der Waals surface area contributed by atoms with E-state index >= 15 is 0 Å². The van der Waals surface area contributed by atoms with Gasteiger partial charge in [0.25, 0.3) is 0 Å². The molecule has 0 aliphatic carbocycles. The molecule has 27 heavy (non-hydrogen) atoms. The van der Waals surface area contributed by atoms with Crippen molar-refractivity contribution in [1.29, 1.82) is 0 Å². The summed E-state index contributed by atoms with van der Waals surface area (Å²) in [4.78, 5) is 35.6. The molecule has 0 aliphatic heterocycles. The molecule has 0 aliphatic rings. The van der Waals surface area contributed by atoms with Gasteiger partial charge in [-0.05, 0) is 19.3 Å². The molecule has 0 saturated carbocycles. The number of carboxylic acid groups (broad SMARTS) is 3. The number of aliphatic hydroxyl groups excluding tert-OH is 1. The zero-order valence-corrected chi connectivity index (χ0v) is 16.0. The minimum Gasteiger partial charge on any atom is -0.550 e. The van der Waals surface area contributed by atoms with Gasteiger partial charge in [0.1, 0.15) is 0 Å². The van der Waals surface area contributed by atoms with E-state index in [9.17, 15) is 24.6 Å². The van der Waals surface area contributed by atoms with Crippen LogP contribution in [0.2, 0.25) is 0 Å². The van der Waals surface area contributed by atoms with Crippen molar-refractivity contribution in [2.45, 2.75) is 38.2 Å². The summed E-state index contributed by atoms with van der Waals surface area (Å²) >= 11 is 0. The summed E-state index contributed by atoms with van der Waals surface area (Å²) in [6.07, 6.45) is 1.81. The van der Waals surface area contributed by atoms with E-state index in [4.69, 9.17) is 10.2 Å². The molecule has 10 heteroatoms. The van der Waals surface area contributed by atoms with E-state index in [-0.39, 0.29) is 64.3 Å². The Morgan fingerprint density at radius 2 is 1.41 bits per heavy atom. The Balaban J connectivity index is 0. The Morgan fingerprint density at radius 1 is 0.926 bits per heavy atom. The Bertz CT molecular complexity index is 445. The summed E-state index contributed by atoms with van der Waals surface area (Å²) < 4.78 is 0. The van der Waals surface area contributed by atoms with Crippen molar-refractivity contribution in [3.8, 4) is 0 Å². The van der Waals surface area contributed by atoms with Gasteiger partial charge in [0.05, 0.1) is 18.9 Å². The van der Waals surface area contributed by atoms with E-state index in [1.54, 1.807) is 15.9 Å². The van der Waals surface area contributed by atoms with Gasteiger partial charge in [0, 0.05) is 45.2 Å². The first-order valence-corrected chi connectivity index (χ1v) is 8.61. The molecule has 0 rings (SSSR count). The number of hydrogen-bond donors (Lipinski definition) is 3. The predicted molar refractivity (Wildman–Crippen MR) is 92.4 cm³/mol. The van der Waals surface area contributed by atoms with Crippen LogP contribution >= 0.6 is 0 Å². The number of allylic oxidation sites excluding steroid dienone is 1. The Labute approximate surface area is 171 Å². The van der Waals surface area contributed by atoms with Crippen LogP contribution in [0.4, 0.5) is 0 Å². The van der Waals surface area contributed by atoms with E-state index in [0.29, 0.717) is 25.9 Å². The quantitative estimate of drug-likeness (QED) is 0.170. The molecule has 0 radical (unpaired) electrons. The van der Waals surface area contributed by atoms with Crippen molar-refractivity contribution in [2.24, 2.45) is 0 Å². The minimum atomic E-state index is -1.21. The van der Waals surface area contributed by atoms with E-state index in [0.717, 1.165) is 0 Å². The zero-order chi connectivity index (χ0) is 19.9. The topological polar surface area (TPSA) is 141 Å². The molecule has 0 bridgehead atoms. The van der Waals surface area contributed by atoms with Crippen LogP contribution in [0.25, 0.3) is 0 Å². The van der Waals surface area contributed by atoms with E-state index in [1.165, 1.54) is 0 Å². The number of hydrogen-bond acceptors (Lipinski definition) is 7. The number of nitrogens with zero attached hydrogens (tertiary/aromatic N) is 2. The van der Waals surface area contributed by atoms with Gasteiger partial charge in [0.2, 0.25) is 0 Å². The smallest absolute Gasteiger partial charge is 0.550 e. The van der Waals surface area contributed by atoms with Gasteiger partial charge in [-0.25, -0.2) is 0 Å². The maximum atomic E-state index is 10.8. The first-order valence-electron chi connectivity index (χ1n) is 8.61. The first kappa shape index (κ1) is 27.8. The average molecular weight is 380 g/mol. The number of carbonyl (C=O) groups is 3. The molecule has 0 aromatic carbocycles. The summed E-state index contributed by atoms with van der Waals surface area (Å²) in [6.45, 7) is 5.23. The van der Waals surface area contributed by atoms with Crippen LogP contribution in [-0.2, 0) is 14.4 Å². The summed E-state index contributed by atoms with van der Waals surface area (Å²) in [7, 11) is 0. The molecule has 9 nitrogen and oxygen atoms in total. The van der Waals surface area contributed by atoms with Crippen LogP contribution < -0.4 is 24.0 Å². The van der Waals surface area contributed by atoms with E-state index in [2.05, 4.69) is 6.58 Å². The van der Waals surface area contributed by atoms with Crippen LogP contribution in [0.5, 0.6) is 0 Å². The maximum Gasteiger partial charge on any atom is 1.00 e. The molecular weight excluding hydrogens is 351 g/mol. The maximum absolute atomic E-state index is 10.8. The van der Waals surface area contributed by atoms with Gasteiger partial charge < -0.3 is 30.1 Å². The number of rotatable bonds is 17. The normalized spacial score (nSPS) is 11.8. The molecule has 0 saturated heterocycles. The zero-order valence-electron chi connectivity index (χ0n) is 16.0. The van der Waals surface area contributed by atoms with Crippen molar-refractivity contribution in [1.82, 2.24) is 9.80 Å². The average Bonchev–Trinajstić information content (AvgIpc) is 2.56. The Hall–Kier alpha value is -1.37. The predicted octanol–water partition coefficient (Wildman–Crippen LogP) is -3.99. The number of carbonyl (C=O) groups excluding carboxylic acids is 1. The van der Waals surface area contributed by atoms with Crippen molar-refractivity contribution in [3.63, 3.8) is 0 Å². The summed E-state index contributed by atoms with van der Waals surface area (Å²) in [5.41, 5.74) is 0. The molecule has 0 aromatic rings. The largest absolute Gasteiger partial charge is 1.00 e. The van der Waals surface area contributed by atoms with Crippen molar-refractivity contribution >= 4 is 17.9 Å². The molecule has 1 atom stereocenters. The van der Waals surface area contributed by atoms with E-state index in [1.807, 2.05) is 0 Å². The molecule has 0 fully saturated rings. The Kier molecular flexibility index (Phi) is 17.3. The van der Waals surface area contributed by atoms with Crippen LogP contribution in [0.15, 0.2) is 12.7 Å². The third kappa shape index (κ3) is 17.8. The van der Waals surface area contributed by atoms with Gasteiger partial charge >= 0.3 is 30.8 Å². The first-order chi connectivity index (χ1) is 12.2. The number of aliphatic carboxylic acids is 3. The third-order valence-electron chi connectivity index (χ3n) is 3.82. The molecule has 0 spiro atoms. The van der Waals surface area contributed by atoms with Crippen LogP contribution in [0, 0.1) is 0 Å². The molecule has 3 N–H and O–H groups in total. The summed E-state index contributed by atoms with van der Waals surface area (Å²) in [5, 5.41) is 38.3. The number of aliphatic hydroxyl groups is 1. The second-order valence-corrected chi connectivity index (χ2v) is 6.07. The summed E-state index contributed by atoms with van der Waals surface area (Å²) in [6, 6.07) is 0. The minimum absolute atomic E-state index is 0. The molecule has 0 heterocycles. The van der Waals surface area contributed by atoms with Crippen molar-refractivity contribution in [2.75, 3.05) is 39.3 Å². The standard InChI is InChI=1S/C17H30N2O7.Li/c1-2-3-4-14(20)13-19(10-7-17(25)26)12-11-18(8-5-15(21)22)9-6-16(23)24;/h2,14,20H,1,3-13H2,(H,21,22)(H,23,24)(H,25,26);/q;+1/p-1. The SMILES string of the molecule is C=CCCC(O)CN(CCC(=O)O)CCN(CCC(=O)[O-])CCC(=O)O.[Li+].